The smallest absolute Gasteiger partial charge is 0.134 e. The van der Waals surface area contributed by atoms with Crippen molar-refractivity contribution in [3.05, 3.63) is 0 Å². The van der Waals surface area contributed by atoms with Gasteiger partial charge in [0.15, 0.2) is 0 Å². The Bertz CT molecular complexity index is 228. The molecule has 2 fully saturated rings. The fraction of sp³-hybridized carbons (Fsp3) is 0.933. The average molecular weight is 222 g/mol. The Morgan fingerprint density at radius 1 is 1.06 bits per heavy atom. The van der Waals surface area contributed by atoms with Gasteiger partial charge in [-0.15, -0.1) is 0 Å². The first-order valence-corrected chi connectivity index (χ1v) is 7.26. The molecule has 0 N–H and O–H groups in total. The Morgan fingerprint density at radius 3 is 2.31 bits per heavy atom. The number of hydrogen-bond acceptors (Lipinski definition) is 1. The van der Waals surface area contributed by atoms with Crippen molar-refractivity contribution in [1.29, 1.82) is 0 Å². The highest BCUT2D eigenvalue weighted by Gasteiger charge is 2.51. The van der Waals surface area contributed by atoms with Gasteiger partial charge in [0.1, 0.15) is 5.78 Å². The number of Topliss-reactive ketones (excluding diaryl/α,β-unsaturated/α-hetero) is 1. The molecular weight excluding hydrogens is 196 g/mol. The van der Waals surface area contributed by atoms with Gasteiger partial charge in [-0.05, 0) is 24.2 Å². The number of rotatable bonds is 7. The summed E-state index contributed by atoms with van der Waals surface area (Å²) in [7, 11) is 0. The van der Waals surface area contributed by atoms with Crippen molar-refractivity contribution in [2.45, 2.75) is 77.6 Å². The van der Waals surface area contributed by atoms with Crippen molar-refractivity contribution in [3.63, 3.8) is 0 Å². The average Bonchev–Trinajstić information content (AvgIpc) is 2.17. The molecule has 0 radical (unpaired) electrons. The van der Waals surface area contributed by atoms with Gasteiger partial charge in [0.2, 0.25) is 0 Å². The molecule has 1 heteroatoms. The lowest BCUT2D eigenvalue weighted by Gasteiger charge is -2.53. The minimum Gasteiger partial charge on any atom is -0.300 e. The van der Waals surface area contributed by atoms with E-state index in [1.807, 2.05) is 0 Å². The first-order chi connectivity index (χ1) is 7.74. The largest absolute Gasteiger partial charge is 0.300 e. The topological polar surface area (TPSA) is 17.1 Å². The van der Waals surface area contributed by atoms with Gasteiger partial charge in [-0.1, -0.05) is 51.9 Å². The minimum atomic E-state index is 0.512. The fourth-order valence-electron chi connectivity index (χ4n) is 3.66. The summed E-state index contributed by atoms with van der Waals surface area (Å²) >= 11 is 0. The van der Waals surface area contributed by atoms with Gasteiger partial charge in [-0.3, -0.25) is 4.79 Å². The van der Waals surface area contributed by atoms with Crippen molar-refractivity contribution >= 4 is 5.78 Å². The van der Waals surface area contributed by atoms with Gasteiger partial charge in [0.25, 0.3) is 0 Å². The zero-order valence-electron chi connectivity index (χ0n) is 10.8. The lowest BCUT2D eigenvalue weighted by atomic mass is 9.50. The van der Waals surface area contributed by atoms with Crippen LogP contribution in [0.5, 0.6) is 0 Å². The van der Waals surface area contributed by atoms with Gasteiger partial charge in [0.05, 0.1) is 0 Å². The number of carbonyl (C=O) groups excluding carboxylic acids is 1. The summed E-state index contributed by atoms with van der Waals surface area (Å²) in [4.78, 5) is 11.0. The van der Waals surface area contributed by atoms with E-state index >= 15 is 0 Å². The van der Waals surface area contributed by atoms with Crippen LogP contribution in [0.1, 0.15) is 77.6 Å². The molecule has 0 aliphatic heterocycles. The molecule has 1 nitrogen and oxygen atoms in total. The van der Waals surface area contributed by atoms with Crippen molar-refractivity contribution in [2.24, 2.45) is 11.3 Å². The van der Waals surface area contributed by atoms with Gasteiger partial charge < -0.3 is 0 Å². The van der Waals surface area contributed by atoms with Crippen LogP contribution in [0.15, 0.2) is 0 Å². The molecule has 0 amide bonds. The molecular formula is C15H26O. The molecule has 0 bridgehead atoms. The third-order valence-electron chi connectivity index (χ3n) is 4.55. The molecule has 0 aromatic heterocycles. The molecule has 0 atom stereocenters. The SMILES string of the molecule is CCCCCCCCC1CC2(CC(=O)C2)C1. The molecule has 16 heavy (non-hydrogen) atoms. The van der Waals surface area contributed by atoms with Crippen LogP contribution in [-0.4, -0.2) is 5.78 Å². The molecule has 2 aliphatic rings. The maximum Gasteiger partial charge on any atom is 0.134 e. The van der Waals surface area contributed by atoms with E-state index in [4.69, 9.17) is 0 Å². The van der Waals surface area contributed by atoms with E-state index in [1.165, 1.54) is 57.8 Å². The highest BCUT2D eigenvalue weighted by Crippen LogP contribution is 2.58. The second kappa shape index (κ2) is 5.33. The summed E-state index contributed by atoms with van der Waals surface area (Å²) in [6.45, 7) is 2.27. The van der Waals surface area contributed by atoms with Crippen LogP contribution in [0.2, 0.25) is 0 Å². The van der Waals surface area contributed by atoms with Crippen LogP contribution < -0.4 is 0 Å². The van der Waals surface area contributed by atoms with E-state index in [0.717, 1.165) is 18.8 Å². The van der Waals surface area contributed by atoms with Crippen LogP contribution in [0.3, 0.4) is 0 Å². The summed E-state index contributed by atoms with van der Waals surface area (Å²) in [5.41, 5.74) is 0.532. The lowest BCUT2D eigenvalue weighted by Crippen LogP contribution is -2.47. The normalized spacial score (nSPS) is 23.2. The summed E-state index contributed by atoms with van der Waals surface area (Å²) < 4.78 is 0. The minimum absolute atomic E-state index is 0.512. The predicted molar refractivity (Wildman–Crippen MR) is 67.4 cm³/mol. The van der Waals surface area contributed by atoms with E-state index < -0.39 is 0 Å². The Balaban J connectivity index is 1.43. The highest BCUT2D eigenvalue weighted by molar-refractivity contribution is 5.86. The summed E-state index contributed by atoms with van der Waals surface area (Å²) in [6, 6.07) is 0. The van der Waals surface area contributed by atoms with Gasteiger partial charge in [-0.25, -0.2) is 0 Å². The molecule has 2 rings (SSSR count). The first-order valence-electron chi connectivity index (χ1n) is 7.26. The zero-order valence-corrected chi connectivity index (χ0v) is 10.8. The Morgan fingerprint density at radius 2 is 1.69 bits per heavy atom. The van der Waals surface area contributed by atoms with Crippen LogP contribution in [-0.2, 0) is 4.79 Å². The van der Waals surface area contributed by atoms with E-state index in [9.17, 15) is 4.79 Å². The van der Waals surface area contributed by atoms with Gasteiger partial charge in [0, 0.05) is 12.8 Å². The quantitative estimate of drug-likeness (QED) is 0.580. The fourth-order valence-corrected chi connectivity index (χ4v) is 3.66. The molecule has 0 aromatic carbocycles. The molecule has 0 heterocycles. The molecule has 1 spiro atoms. The Kier molecular flexibility index (Phi) is 4.05. The van der Waals surface area contributed by atoms with Crippen LogP contribution in [0, 0.1) is 11.3 Å². The van der Waals surface area contributed by atoms with E-state index in [1.54, 1.807) is 0 Å². The molecule has 0 aromatic rings. The first kappa shape index (κ1) is 12.1. The molecule has 0 unspecified atom stereocenters. The number of carbonyl (C=O) groups is 1. The standard InChI is InChI=1S/C15H26O/c1-2-3-4-5-6-7-8-13-9-15(10-13)11-14(16)12-15/h13H,2-12H2,1H3. The second-order valence-electron chi connectivity index (χ2n) is 6.22. The Hall–Kier alpha value is -0.330. The summed E-state index contributed by atoms with van der Waals surface area (Å²) in [6.07, 6.45) is 14.5. The summed E-state index contributed by atoms with van der Waals surface area (Å²) in [5.74, 6) is 1.48. The van der Waals surface area contributed by atoms with E-state index in [0.29, 0.717) is 11.2 Å². The van der Waals surface area contributed by atoms with E-state index in [2.05, 4.69) is 6.92 Å². The van der Waals surface area contributed by atoms with Crippen molar-refractivity contribution in [1.82, 2.24) is 0 Å². The number of hydrogen-bond donors (Lipinski definition) is 0. The van der Waals surface area contributed by atoms with Gasteiger partial charge in [-0.2, -0.15) is 0 Å². The maximum absolute atomic E-state index is 11.0. The Labute approximate surface area is 100.0 Å². The van der Waals surface area contributed by atoms with Crippen LogP contribution in [0.4, 0.5) is 0 Å². The highest BCUT2D eigenvalue weighted by atomic mass is 16.1. The monoisotopic (exact) mass is 222 g/mol. The van der Waals surface area contributed by atoms with E-state index in [-0.39, 0.29) is 0 Å². The van der Waals surface area contributed by atoms with Crippen molar-refractivity contribution < 1.29 is 4.79 Å². The second-order valence-corrected chi connectivity index (χ2v) is 6.22. The number of unbranched alkanes of at least 4 members (excludes halogenated alkanes) is 5. The molecule has 92 valence electrons. The zero-order chi connectivity index (χ0) is 11.4. The third-order valence-corrected chi connectivity index (χ3v) is 4.55. The molecule has 2 saturated carbocycles. The predicted octanol–water partition coefficient (Wildman–Crippen LogP) is 4.50. The summed E-state index contributed by atoms with van der Waals surface area (Å²) in [5, 5.41) is 0. The van der Waals surface area contributed by atoms with Crippen molar-refractivity contribution in [2.75, 3.05) is 0 Å². The van der Waals surface area contributed by atoms with Crippen LogP contribution >= 0.6 is 0 Å². The molecule has 2 aliphatic carbocycles. The lowest BCUT2D eigenvalue weighted by molar-refractivity contribution is -0.142. The van der Waals surface area contributed by atoms with Crippen molar-refractivity contribution in [3.8, 4) is 0 Å². The maximum atomic E-state index is 11.0. The van der Waals surface area contributed by atoms with Gasteiger partial charge >= 0.3 is 0 Å². The third kappa shape index (κ3) is 2.87. The number of ketones is 1. The molecule has 0 saturated heterocycles. The van der Waals surface area contributed by atoms with Crippen LogP contribution in [0.25, 0.3) is 0 Å².